The van der Waals surface area contributed by atoms with Crippen molar-refractivity contribution >= 4 is 5.69 Å². The third-order valence-electron chi connectivity index (χ3n) is 5.91. The molecule has 0 aliphatic carbocycles. The summed E-state index contributed by atoms with van der Waals surface area (Å²) < 4.78 is 0. The zero-order valence-electron chi connectivity index (χ0n) is 15.3. The molecule has 0 bridgehead atoms. The molecule has 26 heavy (non-hydrogen) atoms. The largest absolute Gasteiger partial charge is 0.371 e. The van der Waals surface area contributed by atoms with Crippen LogP contribution in [0.3, 0.4) is 0 Å². The Morgan fingerprint density at radius 2 is 1.58 bits per heavy atom. The molecule has 2 fully saturated rings. The molecule has 3 nitrogen and oxygen atoms in total. The summed E-state index contributed by atoms with van der Waals surface area (Å²) in [5.74, 6) is 1.64. The van der Waals surface area contributed by atoms with Gasteiger partial charge in [-0.15, -0.1) is 0 Å². The van der Waals surface area contributed by atoms with E-state index < -0.39 is 0 Å². The van der Waals surface area contributed by atoms with E-state index >= 15 is 0 Å². The number of piperidine rings is 1. The highest BCUT2D eigenvalue weighted by atomic mass is 15.2. The first kappa shape index (κ1) is 17.1. The predicted molar refractivity (Wildman–Crippen MR) is 106 cm³/mol. The number of benzene rings is 2. The lowest BCUT2D eigenvalue weighted by Crippen LogP contribution is -2.52. The van der Waals surface area contributed by atoms with Gasteiger partial charge in [-0.1, -0.05) is 30.3 Å². The standard InChI is InChI=1S/C23H27N3/c24-15-21-6-8-23(9-7-21)26-17-22(18-26)16-25-12-10-20(11-13-25)14-19-4-2-1-3-5-19/h1-9,20,22H,10-14,16-18H2. The van der Waals surface area contributed by atoms with Crippen molar-refractivity contribution in [3.05, 3.63) is 65.7 Å². The van der Waals surface area contributed by atoms with Crippen LogP contribution in [0.2, 0.25) is 0 Å². The quantitative estimate of drug-likeness (QED) is 0.822. The summed E-state index contributed by atoms with van der Waals surface area (Å²) in [6.45, 7) is 6.05. The van der Waals surface area contributed by atoms with Gasteiger partial charge in [0.25, 0.3) is 0 Å². The Hall–Kier alpha value is -2.31. The minimum atomic E-state index is 0.740. The van der Waals surface area contributed by atoms with Crippen LogP contribution >= 0.6 is 0 Å². The van der Waals surface area contributed by atoms with Crippen LogP contribution in [0.25, 0.3) is 0 Å². The Morgan fingerprint density at radius 1 is 0.885 bits per heavy atom. The van der Waals surface area contributed by atoms with Gasteiger partial charge in [-0.25, -0.2) is 0 Å². The van der Waals surface area contributed by atoms with E-state index in [2.05, 4.69) is 58.3 Å². The SMILES string of the molecule is N#Cc1ccc(N2CC(CN3CCC(Cc4ccccc4)CC3)C2)cc1. The molecule has 0 amide bonds. The highest BCUT2D eigenvalue weighted by Crippen LogP contribution is 2.27. The second-order valence-electron chi connectivity index (χ2n) is 7.86. The monoisotopic (exact) mass is 345 g/mol. The fourth-order valence-electron chi connectivity index (χ4n) is 4.33. The van der Waals surface area contributed by atoms with Crippen LogP contribution in [0, 0.1) is 23.2 Å². The van der Waals surface area contributed by atoms with Gasteiger partial charge in [0.2, 0.25) is 0 Å². The molecule has 0 N–H and O–H groups in total. The molecule has 2 aliphatic heterocycles. The van der Waals surface area contributed by atoms with Gasteiger partial charge in [0.15, 0.2) is 0 Å². The van der Waals surface area contributed by atoms with Crippen LogP contribution in [0.5, 0.6) is 0 Å². The van der Waals surface area contributed by atoms with Crippen molar-refractivity contribution in [2.75, 3.05) is 37.6 Å². The van der Waals surface area contributed by atoms with Crippen LogP contribution in [0.4, 0.5) is 5.69 Å². The second kappa shape index (κ2) is 7.93. The maximum absolute atomic E-state index is 8.89. The van der Waals surface area contributed by atoms with Crippen molar-refractivity contribution in [3.63, 3.8) is 0 Å². The number of hydrogen-bond donors (Lipinski definition) is 0. The molecule has 134 valence electrons. The average molecular weight is 345 g/mol. The van der Waals surface area contributed by atoms with Crippen molar-refractivity contribution in [1.82, 2.24) is 4.90 Å². The maximum Gasteiger partial charge on any atom is 0.0991 e. The third kappa shape index (κ3) is 4.08. The molecule has 0 unspecified atom stereocenters. The number of nitrogens with zero attached hydrogens (tertiary/aromatic N) is 3. The van der Waals surface area contributed by atoms with Crippen LogP contribution < -0.4 is 4.90 Å². The van der Waals surface area contributed by atoms with E-state index in [1.165, 1.54) is 50.1 Å². The smallest absolute Gasteiger partial charge is 0.0991 e. The molecular weight excluding hydrogens is 318 g/mol. The van der Waals surface area contributed by atoms with Gasteiger partial charge in [0.05, 0.1) is 11.6 Å². The minimum Gasteiger partial charge on any atom is -0.371 e. The summed E-state index contributed by atoms with van der Waals surface area (Å²) in [7, 11) is 0. The summed E-state index contributed by atoms with van der Waals surface area (Å²) in [6.07, 6.45) is 3.91. The van der Waals surface area contributed by atoms with E-state index in [1.54, 1.807) is 0 Å². The van der Waals surface area contributed by atoms with E-state index in [0.717, 1.165) is 30.5 Å². The lowest BCUT2D eigenvalue weighted by atomic mass is 9.89. The molecule has 2 aromatic carbocycles. The molecule has 2 saturated heterocycles. The first-order valence-electron chi connectivity index (χ1n) is 9.81. The number of hydrogen-bond acceptors (Lipinski definition) is 3. The number of nitriles is 1. The summed E-state index contributed by atoms with van der Waals surface area (Å²) in [5, 5.41) is 8.89. The van der Waals surface area contributed by atoms with Crippen LogP contribution in [0.1, 0.15) is 24.0 Å². The topological polar surface area (TPSA) is 30.3 Å². The van der Waals surface area contributed by atoms with Crippen LogP contribution in [-0.4, -0.2) is 37.6 Å². The third-order valence-corrected chi connectivity index (χ3v) is 5.91. The normalized spacial score (nSPS) is 19.1. The molecule has 0 aromatic heterocycles. The molecule has 2 aliphatic rings. The van der Waals surface area contributed by atoms with Crippen LogP contribution in [-0.2, 0) is 6.42 Å². The molecule has 0 spiro atoms. The lowest BCUT2D eigenvalue weighted by molar-refractivity contribution is 0.150. The second-order valence-corrected chi connectivity index (χ2v) is 7.86. The summed E-state index contributed by atoms with van der Waals surface area (Å²) >= 11 is 0. The number of rotatable bonds is 5. The molecule has 3 heteroatoms. The van der Waals surface area contributed by atoms with E-state index in [9.17, 15) is 0 Å². The van der Waals surface area contributed by atoms with Gasteiger partial charge < -0.3 is 9.80 Å². The van der Waals surface area contributed by atoms with E-state index in [4.69, 9.17) is 5.26 Å². The van der Waals surface area contributed by atoms with Crippen molar-refractivity contribution in [3.8, 4) is 6.07 Å². The Kier molecular flexibility index (Phi) is 5.22. The van der Waals surface area contributed by atoms with Crippen molar-refractivity contribution < 1.29 is 0 Å². The Labute approximate surface area is 156 Å². The molecule has 0 atom stereocenters. The van der Waals surface area contributed by atoms with Gasteiger partial charge in [0, 0.05) is 31.2 Å². The van der Waals surface area contributed by atoms with Crippen molar-refractivity contribution in [2.45, 2.75) is 19.3 Å². The van der Waals surface area contributed by atoms with Gasteiger partial charge in [-0.05, 0) is 68.1 Å². The Balaban J connectivity index is 1.18. The predicted octanol–water partition coefficient (Wildman–Crippen LogP) is 3.95. The highest BCUT2D eigenvalue weighted by molar-refractivity contribution is 5.51. The van der Waals surface area contributed by atoms with Gasteiger partial charge in [-0.2, -0.15) is 5.26 Å². The molecule has 2 aromatic rings. The molecule has 0 radical (unpaired) electrons. The summed E-state index contributed by atoms with van der Waals surface area (Å²) in [4.78, 5) is 5.09. The molecule has 0 saturated carbocycles. The summed E-state index contributed by atoms with van der Waals surface area (Å²) in [5.41, 5.74) is 3.48. The maximum atomic E-state index is 8.89. The Morgan fingerprint density at radius 3 is 2.23 bits per heavy atom. The van der Waals surface area contributed by atoms with Crippen LogP contribution in [0.15, 0.2) is 54.6 Å². The van der Waals surface area contributed by atoms with Gasteiger partial charge in [-0.3, -0.25) is 0 Å². The summed E-state index contributed by atoms with van der Waals surface area (Å²) in [6, 6.07) is 21.1. The van der Waals surface area contributed by atoms with Gasteiger partial charge >= 0.3 is 0 Å². The zero-order chi connectivity index (χ0) is 17.8. The molecule has 4 rings (SSSR count). The number of anilines is 1. The minimum absolute atomic E-state index is 0.740. The Bertz CT molecular complexity index is 733. The molecular formula is C23H27N3. The highest BCUT2D eigenvalue weighted by Gasteiger charge is 2.30. The fourth-order valence-corrected chi connectivity index (χ4v) is 4.33. The lowest BCUT2D eigenvalue weighted by Gasteiger charge is -2.44. The van der Waals surface area contributed by atoms with Gasteiger partial charge in [0.1, 0.15) is 0 Å². The number of likely N-dealkylation sites (tertiary alicyclic amines) is 1. The molecule has 2 heterocycles. The van der Waals surface area contributed by atoms with E-state index in [1.807, 2.05) is 12.1 Å². The average Bonchev–Trinajstić information content (AvgIpc) is 2.67. The first-order chi connectivity index (χ1) is 12.8. The zero-order valence-corrected chi connectivity index (χ0v) is 15.3. The first-order valence-corrected chi connectivity index (χ1v) is 9.81. The van der Waals surface area contributed by atoms with Crippen molar-refractivity contribution in [2.24, 2.45) is 11.8 Å². The van der Waals surface area contributed by atoms with E-state index in [0.29, 0.717) is 0 Å². The fraction of sp³-hybridized carbons (Fsp3) is 0.435. The van der Waals surface area contributed by atoms with E-state index in [-0.39, 0.29) is 0 Å². The van der Waals surface area contributed by atoms with Crippen molar-refractivity contribution in [1.29, 1.82) is 5.26 Å².